The first-order chi connectivity index (χ1) is 11.2. The van der Waals surface area contributed by atoms with Gasteiger partial charge in [-0.15, -0.1) is 0 Å². The summed E-state index contributed by atoms with van der Waals surface area (Å²) in [5.74, 6) is 1.18. The van der Waals surface area contributed by atoms with Crippen molar-refractivity contribution in [3.05, 3.63) is 78.2 Å². The Kier molecular flexibility index (Phi) is 4.56. The van der Waals surface area contributed by atoms with Gasteiger partial charge >= 0.3 is 0 Å². The average Bonchev–Trinajstić information content (AvgIpc) is 3.00. The van der Waals surface area contributed by atoms with E-state index in [0.717, 1.165) is 11.3 Å². The van der Waals surface area contributed by atoms with Crippen LogP contribution in [0.1, 0.15) is 18.1 Å². The number of phenolic OH excluding ortho intramolecular Hbond substituents is 1. The third-order valence-electron chi connectivity index (χ3n) is 3.74. The maximum atomic E-state index is 9.96. The molecule has 1 atom stereocenters. The van der Waals surface area contributed by atoms with E-state index in [-0.39, 0.29) is 30.3 Å². The molecule has 0 aliphatic carbocycles. The minimum absolute atomic E-state index is 0. The Morgan fingerprint density at radius 3 is 2.50 bits per heavy atom. The fraction of sp³-hybridized carbons (Fsp3) is 0.111. The molecule has 0 bridgehead atoms. The van der Waals surface area contributed by atoms with Crippen LogP contribution < -0.4 is 0 Å². The number of hydrogen-bond acceptors (Lipinski definition) is 5. The minimum Gasteiger partial charge on any atom is -0.600 e. The monoisotopic (exact) mass is 358 g/mol. The molecule has 0 saturated heterocycles. The van der Waals surface area contributed by atoms with Gasteiger partial charge in [0.2, 0.25) is 5.90 Å². The number of phenols is 1. The van der Waals surface area contributed by atoms with Crippen LogP contribution in [0.25, 0.3) is 5.76 Å². The number of fused-ring (bicyclic) bond motifs is 1. The van der Waals surface area contributed by atoms with E-state index >= 15 is 0 Å². The van der Waals surface area contributed by atoms with Gasteiger partial charge in [-0.2, -0.15) is 5.10 Å². The maximum Gasteiger partial charge on any atom is 0.212 e. The molecule has 5 nitrogen and oxygen atoms in total. The quantitative estimate of drug-likeness (QED) is 0.837. The molecule has 0 aromatic heterocycles. The van der Waals surface area contributed by atoms with Gasteiger partial charge in [-0.3, -0.25) is 0 Å². The normalized spacial score (nSPS) is 19.4. The van der Waals surface area contributed by atoms with Crippen LogP contribution in [0.3, 0.4) is 0 Å². The van der Waals surface area contributed by atoms with Gasteiger partial charge in [-0.1, -0.05) is 42.5 Å². The molecule has 24 heavy (non-hydrogen) atoms. The zero-order valence-corrected chi connectivity index (χ0v) is 14.4. The van der Waals surface area contributed by atoms with Crippen LogP contribution >= 0.6 is 0 Å². The van der Waals surface area contributed by atoms with Crippen LogP contribution in [0.4, 0.5) is 0 Å². The Morgan fingerprint density at radius 1 is 1.04 bits per heavy atom. The Hall–Kier alpha value is -2.37. The van der Waals surface area contributed by atoms with Crippen LogP contribution in [0.15, 0.2) is 65.8 Å². The third kappa shape index (κ3) is 2.88. The fourth-order valence-electron chi connectivity index (χ4n) is 2.55. The Bertz CT molecular complexity index is 792. The molecule has 2 aliphatic rings. The van der Waals surface area contributed by atoms with E-state index in [0.29, 0.717) is 17.9 Å². The molecular formula is C18H15N2O3V-. The van der Waals surface area contributed by atoms with Gasteiger partial charge in [0, 0.05) is 30.2 Å². The summed E-state index contributed by atoms with van der Waals surface area (Å²) in [6, 6.07) is 16.7. The predicted octanol–water partition coefficient (Wildman–Crippen LogP) is 3.29. The average molecular weight is 358 g/mol. The van der Waals surface area contributed by atoms with Crippen LogP contribution in [0, 0.1) is 6.41 Å². The number of para-hydroxylation sites is 1. The first-order valence-electron chi connectivity index (χ1n) is 7.38. The Labute approximate surface area is 152 Å². The van der Waals surface area contributed by atoms with Crippen molar-refractivity contribution in [1.82, 2.24) is 5.01 Å². The zero-order valence-electron chi connectivity index (χ0n) is 13.0. The summed E-state index contributed by atoms with van der Waals surface area (Å²) in [5.41, 5.74) is 1.51. The van der Waals surface area contributed by atoms with Gasteiger partial charge in [0.15, 0.2) is 0 Å². The SMILES string of the molecule is CC1C=C(c2ccccc2)O[C-]2OC(c3ccccc3O)=NN21.[V]. The second kappa shape index (κ2) is 6.63. The minimum atomic E-state index is -0.0164. The Balaban J connectivity index is 0.00000169. The number of rotatable bonds is 2. The van der Waals surface area contributed by atoms with Crippen molar-refractivity contribution in [2.24, 2.45) is 5.10 Å². The van der Waals surface area contributed by atoms with Crippen molar-refractivity contribution >= 4 is 11.7 Å². The molecule has 0 spiro atoms. The number of benzene rings is 2. The molecule has 0 fully saturated rings. The van der Waals surface area contributed by atoms with Crippen molar-refractivity contribution in [2.75, 3.05) is 0 Å². The molecular weight excluding hydrogens is 343 g/mol. The fourth-order valence-corrected chi connectivity index (χ4v) is 2.55. The summed E-state index contributed by atoms with van der Waals surface area (Å²) >= 11 is 0. The molecule has 121 valence electrons. The molecule has 0 saturated carbocycles. The van der Waals surface area contributed by atoms with E-state index in [1.165, 1.54) is 0 Å². The summed E-state index contributed by atoms with van der Waals surface area (Å²) < 4.78 is 11.6. The second-order valence-electron chi connectivity index (χ2n) is 5.37. The third-order valence-corrected chi connectivity index (χ3v) is 3.74. The summed E-state index contributed by atoms with van der Waals surface area (Å²) in [4.78, 5) is 0. The van der Waals surface area contributed by atoms with Crippen LogP contribution in [0.2, 0.25) is 0 Å². The van der Waals surface area contributed by atoms with Crippen molar-refractivity contribution in [3.63, 3.8) is 0 Å². The standard InChI is InChI=1S/C18H15N2O3.V/c1-12-11-16(13-7-3-2-4-8-13)22-18-20(12)19-17(23-18)14-9-5-6-10-15(14)21;/h2-12,21H,1H3;/q-1;. The van der Waals surface area contributed by atoms with Gasteiger partial charge in [0.1, 0.15) is 12.2 Å². The molecule has 2 aromatic rings. The van der Waals surface area contributed by atoms with Gasteiger partial charge in [0.05, 0.1) is 11.3 Å². The second-order valence-corrected chi connectivity index (χ2v) is 5.37. The molecule has 4 rings (SSSR count). The zero-order chi connectivity index (χ0) is 15.8. The number of hydrazone groups is 1. The topological polar surface area (TPSA) is 54.3 Å². The van der Waals surface area contributed by atoms with Gasteiger partial charge in [-0.25, -0.2) is 0 Å². The number of nitrogens with zero attached hydrogens (tertiary/aromatic N) is 2. The first kappa shape index (κ1) is 16.5. The van der Waals surface area contributed by atoms with Crippen LogP contribution in [0.5, 0.6) is 5.75 Å². The summed E-state index contributed by atoms with van der Waals surface area (Å²) in [6.07, 6.45) is 2.29. The van der Waals surface area contributed by atoms with Gasteiger partial charge in [0.25, 0.3) is 0 Å². The summed E-state index contributed by atoms with van der Waals surface area (Å²) in [6.45, 7) is 2.01. The number of ether oxygens (including phenoxy) is 2. The molecule has 2 aromatic carbocycles. The molecule has 1 unspecified atom stereocenters. The van der Waals surface area contributed by atoms with E-state index in [2.05, 4.69) is 5.10 Å². The smallest absolute Gasteiger partial charge is 0.212 e. The van der Waals surface area contributed by atoms with Crippen LogP contribution in [-0.2, 0) is 28.0 Å². The largest absolute Gasteiger partial charge is 0.600 e. The molecule has 0 amide bonds. The van der Waals surface area contributed by atoms with Crippen molar-refractivity contribution in [2.45, 2.75) is 13.0 Å². The van der Waals surface area contributed by atoms with Crippen molar-refractivity contribution in [3.8, 4) is 5.75 Å². The van der Waals surface area contributed by atoms with Gasteiger partial charge in [-0.05, 0) is 25.1 Å². The van der Waals surface area contributed by atoms with Crippen LogP contribution in [-0.4, -0.2) is 22.1 Å². The number of aromatic hydroxyl groups is 1. The molecule has 1 radical (unpaired) electrons. The summed E-state index contributed by atoms with van der Waals surface area (Å²) in [5, 5.41) is 16.0. The molecule has 6 heteroatoms. The first-order valence-corrected chi connectivity index (χ1v) is 7.38. The van der Waals surface area contributed by atoms with E-state index in [1.807, 2.05) is 49.4 Å². The predicted molar refractivity (Wildman–Crippen MR) is 85.8 cm³/mol. The molecule has 1 N–H and O–H groups in total. The summed E-state index contributed by atoms with van der Waals surface area (Å²) in [7, 11) is 0. The van der Waals surface area contributed by atoms with E-state index < -0.39 is 0 Å². The van der Waals surface area contributed by atoms with E-state index in [4.69, 9.17) is 9.47 Å². The molecule has 2 heterocycles. The number of hydrogen-bond donors (Lipinski definition) is 1. The Morgan fingerprint density at radius 2 is 1.75 bits per heavy atom. The van der Waals surface area contributed by atoms with Crippen molar-refractivity contribution < 1.29 is 33.1 Å². The van der Waals surface area contributed by atoms with E-state index in [1.54, 1.807) is 23.2 Å². The van der Waals surface area contributed by atoms with E-state index in [9.17, 15) is 5.11 Å². The van der Waals surface area contributed by atoms with Gasteiger partial charge < -0.3 is 19.6 Å². The molecule has 2 aliphatic heterocycles. The van der Waals surface area contributed by atoms with Crippen molar-refractivity contribution in [1.29, 1.82) is 0 Å². The maximum absolute atomic E-state index is 9.96.